The van der Waals surface area contributed by atoms with Crippen molar-refractivity contribution in [2.24, 2.45) is 0 Å². The molecule has 2 aliphatic rings. The number of hydrogen-bond acceptors (Lipinski definition) is 4. The topological polar surface area (TPSA) is 59.9 Å². The Bertz CT molecular complexity index is 1840. The van der Waals surface area contributed by atoms with Gasteiger partial charge >= 0.3 is 0 Å². The number of nitrogens with zero attached hydrogens (tertiary/aromatic N) is 2. The molecule has 166 valence electrons. The summed E-state index contributed by atoms with van der Waals surface area (Å²) < 4.78 is 0. The Balaban J connectivity index is 1.47. The van der Waals surface area contributed by atoms with E-state index in [1.165, 1.54) is 0 Å². The molecule has 6 aromatic rings. The fourth-order valence-corrected chi connectivity index (χ4v) is 5.92. The number of benzene rings is 4. The number of ketones is 2. The molecule has 0 radical (unpaired) electrons. The zero-order valence-corrected chi connectivity index (χ0v) is 18.9. The van der Waals surface area contributed by atoms with Crippen LogP contribution in [0.15, 0.2) is 97.3 Å². The lowest BCUT2D eigenvalue weighted by Gasteiger charge is -2.22. The Labute approximate surface area is 205 Å². The van der Waals surface area contributed by atoms with E-state index in [9.17, 15) is 9.59 Å². The zero-order chi connectivity index (χ0) is 24.0. The molecule has 8 rings (SSSR count). The van der Waals surface area contributed by atoms with Crippen LogP contribution in [0.2, 0.25) is 0 Å². The second-order valence-corrected chi connectivity index (χ2v) is 9.24. The molecule has 4 nitrogen and oxygen atoms in total. The van der Waals surface area contributed by atoms with Crippen LogP contribution in [0.25, 0.3) is 55.2 Å². The van der Waals surface area contributed by atoms with Gasteiger partial charge in [0.15, 0.2) is 11.6 Å². The second kappa shape index (κ2) is 6.80. The summed E-state index contributed by atoms with van der Waals surface area (Å²) in [4.78, 5) is 36.1. The molecule has 0 amide bonds. The summed E-state index contributed by atoms with van der Waals surface area (Å²) in [6.07, 6.45) is 3.62. The molecule has 2 aliphatic carbocycles. The summed E-state index contributed by atoms with van der Waals surface area (Å²) in [6, 6.07) is 27.1. The van der Waals surface area contributed by atoms with Crippen molar-refractivity contribution < 1.29 is 9.59 Å². The molecular weight excluding hydrogens is 444 g/mol. The molecule has 0 unspecified atom stereocenters. The molecule has 0 spiro atoms. The number of rotatable bonds is 1. The predicted molar refractivity (Wildman–Crippen MR) is 140 cm³/mol. The average Bonchev–Trinajstić information content (AvgIpc) is 2.94. The van der Waals surface area contributed by atoms with Gasteiger partial charge in [0.2, 0.25) is 0 Å². The molecule has 0 N–H and O–H groups in total. The summed E-state index contributed by atoms with van der Waals surface area (Å²) in [5.41, 5.74) is 8.08. The molecule has 0 atom stereocenters. The van der Waals surface area contributed by atoms with Crippen molar-refractivity contribution >= 4 is 33.1 Å². The van der Waals surface area contributed by atoms with Gasteiger partial charge in [-0.05, 0) is 46.2 Å². The van der Waals surface area contributed by atoms with E-state index in [1.54, 1.807) is 0 Å². The summed E-state index contributed by atoms with van der Waals surface area (Å²) in [5, 5.41) is 3.69. The summed E-state index contributed by atoms with van der Waals surface area (Å²) in [6.45, 7) is 0. The van der Waals surface area contributed by atoms with Crippen LogP contribution < -0.4 is 0 Å². The van der Waals surface area contributed by atoms with Crippen molar-refractivity contribution in [1.29, 1.82) is 0 Å². The highest BCUT2D eigenvalue weighted by Crippen LogP contribution is 2.45. The van der Waals surface area contributed by atoms with Crippen molar-refractivity contribution in [3.63, 3.8) is 0 Å². The monoisotopic (exact) mass is 460 g/mol. The van der Waals surface area contributed by atoms with Gasteiger partial charge in [-0.25, -0.2) is 0 Å². The third-order valence-electron chi connectivity index (χ3n) is 7.49. The normalized spacial score (nSPS) is 13.1. The van der Waals surface area contributed by atoms with Gasteiger partial charge in [0, 0.05) is 56.5 Å². The molecular formula is C32H16N2O2. The van der Waals surface area contributed by atoms with Crippen LogP contribution in [-0.2, 0) is 0 Å². The first-order chi connectivity index (χ1) is 17.7. The molecule has 4 heteroatoms. The second-order valence-electron chi connectivity index (χ2n) is 9.24. The fourth-order valence-electron chi connectivity index (χ4n) is 5.92. The minimum Gasteiger partial charge on any atom is -0.289 e. The van der Waals surface area contributed by atoms with Crippen molar-refractivity contribution in [1.82, 2.24) is 9.97 Å². The first kappa shape index (κ1) is 19.4. The zero-order valence-electron chi connectivity index (χ0n) is 18.9. The number of carbonyl (C=O) groups excluding carboxylic acids is 2. The first-order valence-electron chi connectivity index (χ1n) is 11.8. The van der Waals surface area contributed by atoms with Gasteiger partial charge in [-0.3, -0.25) is 19.6 Å². The number of aromatic nitrogens is 2. The Kier molecular flexibility index (Phi) is 3.66. The quantitative estimate of drug-likeness (QED) is 0.268. The van der Waals surface area contributed by atoms with Crippen LogP contribution in [0.5, 0.6) is 0 Å². The number of pyridine rings is 2. The van der Waals surface area contributed by atoms with E-state index in [1.807, 2.05) is 97.3 Å². The van der Waals surface area contributed by atoms with Gasteiger partial charge in [0.05, 0.1) is 11.4 Å². The lowest BCUT2D eigenvalue weighted by molar-refractivity contribution is 0.103. The Morgan fingerprint density at radius 2 is 0.778 bits per heavy atom. The van der Waals surface area contributed by atoms with Crippen LogP contribution in [0.4, 0.5) is 0 Å². The fraction of sp³-hybridized carbons (Fsp3) is 0. The lowest BCUT2D eigenvalue weighted by atomic mass is 9.81. The third-order valence-corrected chi connectivity index (χ3v) is 7.49. The first-order valence-corrected chi connectivity index (χ1v) is 11.8. The number of fused-ring (bicyclic) bond motifs is 4. The summed E-state index contributed by atoms with van der Waals surface area (Å²) in [7, 11) is 0. The van der Waals surface area contributed by atoms with E-state index in [-0.39, 0.29) is 11.6 Å². The Morgan fingerprint density at radius 1 is 0.389 bits per heavy atom. The maximum absolute atomic E-state index is 13.4. The summed E-state index contributed by atoms with van der Waals surface area (Å²) in [5.74, 6) is 0.0388. The molecule has 2 aromatic heterocycles. The minimum absolute atomic E-state index is 0.0194. The largest absolute Gasteiger partial charge is 0.289 e. The molecule has 0 aliphatic heterocycles. The van der Waals surface area contributed by atoms with Gasteiger partial charge in [0.1, 0.15) is 0 Å². The smallest absolute Gasteiger partial charge is 0.194 e. The van der Waals surface area contributed by atoms with E-state index in [2.05, 4.69) is 9.97 Å². The number of hydrogen-bond donors (Lipinski definition) is 0. The molecule has 0 fully saturated rings. The van der Waals surface area contributed by atoms with E-state index in [0.717, 1.165) is 55.2 Å². The SMILES string of the molecule is O=C1c2ccccc2-c2nccc3c(-c4ccc5c6c(nccc46)-c4ccccc4C5=O)ccc1c23. The van der Waals surface area contributed by atoms with E-state index >= 15 is 0 Å². The van der Waals surface area contributed by atoms with Crippen LogP contribution >= 0.6 is 0 Å². The highest BCUT2D eigenvalue weighted by Gasteiger charge is 2.29. The highest BCUT2D eigenvalue weighted by atomic mass is 16.1. The van der Waals surface area contributed by atoms with E-state index < -0.39 is 0 Å². The van der Waals surface area contributed by atoms with Crippen LogP contribution in [0, 0.1) is 0 Å². The van der Waals surface area contributed by atoms with Crippen LogP contribution in [0.1, 0.15) is 31.8 Å². The van der Waals surface area contributed by atoms with Crippen molar-refractivity contribution in [2.45, 2.75) is 0 Å². The van der Waals surface area contributed by atoms with Gasteiger partial charge in [-0.2, -0.15) is 0 Å². The van der Waals surface area contributed by atoms with Crippen molar-refractivity contribution in [3.05, 3.63) is 120 Å². The highest BCUT2D eigenvalue weighted by molar-refractivity contribution is 6.29. The molecule has 0 saturated carbocycles. The molecule has 0 bridgehead atoms. The maximum atomic E-state index is 13.4. The summed E-state index contributed by atoms with van der Waals surface area (Å²) >= 11 is 0. The molecule has 0 saturated heterocycles. The molecule has 2 heterocycles. The Hall–Kier alpha value is -4.96. The molecule has 36 heavy (non-hydrogen) atoms. The van der Waals surface area contributed by atoms with Crippen LogP contribution in [0.3, 0.4) is 0 Å². The van der Waals surface area contributed by atoms with E-state index in [0.29, 0.717) is 22.3 Å². The van der Waals surface area contributed by atoms with E-state index in [4.69, 9.17) is 0 Å². The lowest BCUT2D eigenvalue weighted by Crippen LogP contribution is -2.12. The Morgan fingerprint density at radius 3 is 1.22 bits per heavy atom. The number of carbonyl (C=O) groups is 2. The standard InChI is InChI=1S/C32H16N2O2/c35-31-23-7-3-1-5-21(23)29-27-19(13-15-33-29)17(9-11-25(27)31)18-10-12-26-28-20(18)14-16-34-30(28)22-6-2-4-8-24(22)32(26)36/h1-16H. The van der Waals surface area contributed by atoms with Crippen molar-refractivity contribution in [3.8, 4) is 33.6 Å². The maximum Gasteiger partial charge on any atom is 0.194 e. The third kappa shape index (κ3) is 2.33. The predicted octanol–water partition coefficient (Wildman–Crippen LogP) is 6.87. The minimum atomic E-state index is 0.0194. The van der Waals surface area contributed by atoms with Crippen LogP contribution in [-0.4, -0.2) is 21.5 Å². The van der Waals surface area contributed by atoms with Gasteiger partial charge in [-0.15, -0.1) is 0 Å². The average molecular weight is 460 g/mol. The molecule has 4 aromatic carbocycles. The van der Waals surface area contributed by atoms with Crippen molar-refractivity contribution in [2.75, 3.05) is 0 Å². The van der Waals surface area contributed by atoms with Gasteiger partial charge < -0.3 is 0 Å². The van der Waals surface area contributed by atoms with Gasteiger partial charge in [0.25, 0.3) is 0 Å². The van der Waals surface area contributed by atoms with Gasteiger partial charge in [-0.1, -0.05) is 60.7 Å².